The molecule has 0 amide bonds. The number of ether oxygens (including phenoxy) is 3. The van der Waals surface area contributed by atoms with Crippen molar-refractivity contribution in [2.45, 2.75) is 26.6 Å². The molecule has 0 bridgehead atoms. The van der Waals surface area contributed by atoms with Crippen molar-refractivity contribution in [1.82, 2.24) is 9.97 Å². The lowest BCUT2D eigenvalue weighted by Gasteiger charge is -2.11. The molecule has 27 heavy (non-hydrogen) atoms. The monoisotopic (exact) mass is 439 g/mol. The van der Waals surface area contributed by atoms with Gasteiger partial charge in [0.1, 0.15) is 5.56 Å². The predicted molar refractivity (Wildman–Crippen MR) is 99.3 cm³/mol. The van der Waals surface area contributed by atoms with E-state index in [2.05, 4.69) is 25.9 Å². The first-order valence-corrected chi connectivity index (χ1v) is 8.66. The van der Waals surface area contributed by atoms with Crippen molar-refractivity contribution in [3.63, 3.8) is 0 Å². The molecular weight excluding hydrogens is 422 g/mol. The molecule has 2 aromatic rings. The highest BCUT2D eigenvalue weighted by molar-refractivity contribution is 9.10. The van der Waals surface area contributed by atoms with Gasteiger partial charge in [-0.05, 0) is 26.0 Å². The van der Waals surface area contributed by atoms with E-state index in [1.807, 2.05) is 13.8 Å². The Morgan fingerprint density at radius 1 is 1.19 bits per heavy atom. The van der Waals surface area contributed by atoms with Crippen LogP contribution in [0.2, 0.25) is 0 Å². The number of rotatable bonds is 8. The fraction of sp³-hybridized carbons (Fsp3) is 0.353. The second-order valence-corrected chi connectivity index (χ2v) is 6.60. The zero-order valence-electron chi connectivity index (χ0n) is 15.2. The van der Waals surface area contributed by atoms with Crippen LogP contribution >= 0.6 is 15.9 Å². The topological polar surface area (TPSA) is 114 Å². The van der Waals surface area contributed by atoms with Crippen molar-refractivity contribution in [2.75, 3.05) is 14.2 Å². The summed E-state index contributed by atoms with van der Waals surface area (Å²) in [7, 11) is 2.75. The van der Waals surface area contributed by atoms with E-state index in [1.165, 1.54) is 26.4 Å². The minimum atomic E-state index is -0.731. The summed E-state index contributed by atoms with van der Waals surface area (Å²) < 4.78 is 16.0. The Hall–Kier alpha value is -2.59. The molecule has 0 radical (unpaired) electrons. The molecule has 0 aliphatic rings. The Morgan fingerprint density at radius 2 is 1.78 bits per heavy atom. The number of nitrogens with zero attached hydrogens (tertiary/aromatic N) is 3. The average Bonchev–Trinajstić information content (AvgIpc) is 2.64. The van der Waals surface area contributed by atoms with Gasteiger partial charge in [0.05, 0.1) is 43.5 Å². The quantitative estimate of drug-likeness (QED) is 0.349. The predicted octanol–water partition coefficient (Wildman–Crippen LogP) is 3.32. The first-order valence-electron chi connectivity index (χ1n) is 7.87. The number of carbonyl (C=O) groups is 1. The molecule has 0 saturated carbocycles. The van der Waals surface area contributed by atoms with Crippen molar-refractivity contribution >= 4 is 27.4 Å². The van der Waals surface area contributed by atoms with Crippen molar-refractivity contribution < 1.29 is 23.9 Å². The number of benzene rings is 1. The highest BCUT2D eigenvalue weighted by atomic mass is 79.9. The molecule has 10 heteroatoms. The molecular formula is C17H18BrN3O6. The summed E-state index contributed by atoms with van der Waals surface area (Å²) in [4.78, 5) is 32.0. The van der Waals surface area contributed by atoms with Crippen LogP contribution in [0.5, 0.6) is 11.8 Å². The largest absolute Gasteiger partial charge is 0.481 e. The van der Waals surface area contributed by atoms with Crippen LogP contribution in [0.4, 0.5) is 5.69 Å². The summed E-state index contributed by atoms with van der Waals surface area (Å²) in [5, 5.41) is 11.7. The van der Waals surface area contributed by atoms with Crippen LogP contribution in [0, 0.1) is 10.1 Å². The van der Waals surface area contributed by atoms with Crippen LogP contribution in [0.1, 0.15) is 35.6 Å². The lowest BCUT2D eigenvalue weighted by Crippen LogP contribution is -2.13. The minimum absolute atomic E-state index is 0.0179. The first-order chi connectivity index (χ1) is 12.8. The second-order valence-electron chi connectivity index (χ2n) is 5.68. The average molecular weight is 440 g/mol. The maximum Gasteiger partial charge on any atom is 0.286 e. The third-order valence-corrected chi connectivity index (χ3v) is 3.91. The number of hydrogen-bond acceptors (Lipinski definition) is 8. The number of carbonyl (C=O) groups excluding carboxylic acids is 1. The van der Waals surface area contributed by atoms with Gasteiger partial charge in [-0.2, -0.15) is 9.97 Å². The third kappa shape index (κ3) is 4.98. The Labute approximate surface area is 164 Å². The van der Waals surface area contributed by atoms with E-state index in [-0.39, 0.29) is 47.1 Å². The Balaban J connectivity index is 2.60. The highest BCUT2D eigenvalue weighted by Gasteiger charge is 2.29. The zero-order valence-corrected chi connectivity index (χ0v) is 16.8. The number of nitro benzene ring substituents is 1. The number of ketones is 1. The summed E-state index contributed by atoms with van der Waals surface area (Å²) in [6.45, 7) is 3.61. The molecule has 0 N–H and O–H groups in total. The molecule has 1 heterocycles. The van der Waals surface area contributed by atoms with E-state index in [0.29, 0.717) is 4.47 Å². The molecule has 0 aliphatic carbocycles. The SMILES string of the molecule is COc1cc(OC)nc(C(=O)c2cc(Br)cc(COC(C)C)c2[N+](=O)[O-])n1. The smallest absolute Gasteiger partial charge is 0.286 e. The molecule has 9 nitrogen and oxygen atoms in total. The van der Waals surface area contributed by atoms with Gasteiger partial charge < -0.3 is 14.2 Å². The van der Waals surface area contributed by atoms with Gasteiger partial charge in [-0.25, -0.2) is 0 Å². The summed E-state index contributed by atoms with van der Waals surface area (Å²) in [5.41, 5.74) is -0.248. The summed E-state index contributed by atoms with van der Waals surface area (Å²) in [5.74, 6) is -0.799. The van der Waals surface area contributed by atoms with E-state index in [0.717, 1.165) is 0 Å². The van der Waals surface area contributed by atoms with Crippen molar-refractivity contribution in [1.29, 1.82) is 0 Å². The zero-order chi connectivity index (χ0) is 20.1. The first kappa shape index (κ1) is 20.7. The molecule has 0 fully saturated rings. The van der Waals surface area contributed by atoms with Gasteiger partial charge in [0.25, 0.3) is 5.69 Å². The molecule has 0 saturated heterocycles. The van der Waals surface area contributed by atoms with Crippen LogP contribution in [-0.4, -0.2) is 41.0 Å². The van der Waals surface area contributed by atoms with Gasteiger partial charge in [-0.1, -0.05) is 15.9 Å². The normalized spacial score (nSPS) is 10.7. The van der Waals surface area contributed by atoms with E-state index in [1.54, 1.807) is 6.07 Å². The molecule has 2 rings (SSSR count). The Morgan fingerprint density at radius 3 is 2.26 bits per heavy atom. The van der Waals surface area contributed by atoms with E-state index >= 15 is 0 Å². The van der Waals surface area contributed by atoms with Gasteiger partial charge in [-0.3, -0.25) is 14.9 Å². The van der Waals surface area contributed by atoms with Gasteiger partial charge in [0.15, 0.2) is 0 Å². The van der Waals surface area contributed by atoms with Crippen molar-refractivity contribution in [3.8, 4) is 11.8 Å². The summed E-state index contributed by atoms with van der Waals surface area (Å²) in [6.07, 6.45) is -0.131. The van der Waals surface area contributed by atoms with Gasteiger partial charge >= 0.3 is 0 Å². The maximum atomic E-state index is 12.9. The molecule has 0 aliphatic heterocycles. The Bertz CT molecular complexity index is 850. The standard InChI is InChI=1S/C17H18BrN3O6/c1-9(2)27-8-10-5-11(18)6-12(15(10)21(23)24)16(22)17-19-13(25-3)7-14(20-17)26-4/h5-7,9H,8H2,1-4H3. The lowest BCUT2D eigenvalue weighted by molar-refractivity contribution is -0.386. The lowest BCUT2D eigenvalue weighted by atomic mass is 10.0. The van der Waals surface area contributed by atoms with Gasteiger partial charge in [0, 0.05) is 4.47 Å². The number of nitro groups is 1. The third-order valence-electron chi connectivity index (χ3n) is 3.45. The van der Waals surface area contributed by atoms with E-state index in [4.69, 9.17) is 14.2 Å². The molecule has 0 atom stereocenters. The molecule has 1 aromatic carbocycles. The molecule has 1 aromatic heterocycles. The Kier molecular flexibility index (Phi) is 6.81. The number of hydrogen-bond donors (Lipinski definition) is 0. The summed E-state index contributed by atoms with van der Waals surface area (Å²) in [6, 6.07) is 4.30. The minimum Gasteiger partial charge on any atom is -0.481 e. The van der Waals surface area contributed by atoms with Gasteiger partial charge in [0.2, 0.25) is 23.4 Å². The van der Waals surface area contributed by atoms with Crippen LogP contribution in [0.15, 0.2) is 22.7 Å². The molecule has 144 valence electrons. The fourth-order valence-corrected chi connectivity index (χ4v) is 2.75. The van der Waals surface area contributed by atoms with Crippen LogP contribution < -0.4 is 9.47 Å². The van der Waals surface area contributed by atoms with Gasteiger partial charge in [-0.15, -0.1) is 0 Å². The van der Waals surface area contributed by atoms with Crippen molar-refractivity contribution in [3.05, 3.63) is 49.7 Å². The summed E-state index contributed by atoms with van der Waals surface area (Å²) >= 11 is 3.28. The van der Waals surface area contributed by atoms with Crippen LogP contribution in [0.3, 0.4) is 0 Å². The highest BCUT2D eigenvalue weighted by Crippen LogP contribution is 2.31. The maximum absolute atomic E-state index is 12.9. The van der Waals surface area contributed by atoms with Crippen LogP contribution in [-0.2, 0) is 11.3 Å². The molecule has 0 unspecified atom stereocenters. The number of aromatic nitrogens is 2. The number of halogens is 1. The molecule has 0 spiro atoms. The number of methoxy groups -OCH3 is 2. The van der Waals surface area contributed by atoms with Crippen LogP contribution in [0.25, 0.3) is 0 Å². The van der Waals surface area contributed by atoms with Crippen molar-refractivity contribution in [2.24, 2.45) is 0 Å². The van der Waals surface area contributed by atoms with E-state index < -0.39 is 10.7 Å². The van der Waals surface area contributed by atoms with E-state index in [9.17, 15) is 14.9 Å². The second kappa shape index (κ2) is 8.87. The fourth-order valence-electron chi connectivity index (χ4n) is 2.25.